The van der Waals surface area contributed by atoms with Crippen molar-refractivity contribution in [2.75, 3.05) is 17.1 Å². The van der Waals surface area contributed by atoms with Gasteiger partial charge in [0.25, 0.3) is 0 Å². The number of hydrogen-bond donors (Lipinski definition) is 1. The molecule has 1 N–H and O–H groups in total. The van der Waals surface area contributed by atoms with Crippen molar-refractivity contribution in [2.24, 2.45) is 0 Å². The molecule has 1 aromatic rings. The lowest BCUT2D eigenvalue weighted by Gasteiger charge is -2.13. The van der Waals surface area contributed by atoms with Crippen LogP contribution in [0.3, 0.4) is 0 Å². The zero-order chi connectivity index (χ0) is 13.2. The summed E-state index contributed by atoms with van der Waals surface area (Å²) in [4.78, 5) is 4.15. The normalized spacial score (nSPS) is 20.0. The summed E-state index contributed by atoms with van der Waals surface area (Å²) in [6.07, 6.45) is 1.54. The zero-order valence-electron chi connectivity index (χ0n) is 10.0. The fourth-order valence-electron chi connectivity index (χ4n) is 1.87. The monoisotopic (exact) mass is 334 g/mol. The van der Waals surface area contributed by atoms with Gasteiger partial charge in [0.2, 0.25) is 10.0 Å². The zero-order valence-corrected chi connectivity index (χ0v) is 12.4. The summed E-state index contributed by atoms with van der Waals surface area (Å²) in [5, 5.41) is 0. The van der Waals surface area contributed by atoms with Crippen molar-refractivity contribution in [3.05, 3.63) is 22.4 Å². The number of halogens is 1. The van der Waals surface area contributed by atoms with Crippen molar-refractivity contribution in [3.63, 3.8) is 0 Å². The maximum Gasteiger partial charge on any atom is 0.235 e. The quantitative estimate of drug-likeness (QED) is 0.856. The Balaban J connectivity index is 2.07. The Morgan fingerprint density at radius 2 is 2.33 bits per heavy atom. The molecule has 18 heavy (non-hydrogen) atoms. The molecule has 2 rings (SSSR count). The fourth-order valence-corrected chi connectivity index (χ4v) is 3.65. The van der Waals surface area contributed by atoms with Crippen LogP contribution in [0.25, 0.3) is 0 Å². The molecule has 1 aliphatic heterocycles. The molecule has 1 saturated heterocycles. The van der Waals surface area contributed by atoms with Crippen LogP contribution in [0.5, 0.6) is 0 Å². The highest BCUT2D eigenvalue weighted by Crippen LogP contribution is 2.19. The van der Waals surface area contributed by atoms with E-state index in [1.807, 2.05) is 0 Å². The van der Waals surface area contributed by atoms with E-state index in [4.69, 9.17) is 4.74 Å². The molecule has 1 unspecified atom stereocenters. The second-order valence-corrected chi connectivity index (χ2v) is 6.86. The van der Waals surface area contributed by atoms with Gasteiger partial charge in [-0.25, -0.2) is 13.4 Å². The molecule has 0 amide bonds. The summed E-state index contributed by atoms with van der Waals surface area (Å²) in [5.74, 6) is 0.00248. The summed E-state index contributed by atoms with van der Waals surface area (Å²) in [7, 11) is -3.38. The van der Waals surface area contributed by atoms with Crippen LogP contribution in [0, 0.1) is 6.92 Å². The maximum atomic E-state index is 12.0. The number of anilines is 1. The number of aryl methyl sites for hydroxylation is 1. The highest BCUT2D eigenvalue weighted by Gasteiger charge is 2.23. The van der Waals surface area contributed by atoms with Gasteiger partial charge in [0, 0.05) is 6.61 Å². The van der Waals surface area contributed by atoms with Crippen molar-refractivity contribution in [1.82, 2.24) is 4.98 Å². The van der Waals surface area contributed by atoms with Gasteiger partial charge in [0.1, 0.15) is 4.60 Å². The van der Waals surface area contributed by atoms with Gasteiger partial charge in [-0.1, -0.05) is 0 Å². The molecule has 0 radical (unpaired) electrons. The predicted octanol–water partition coefficient (Wildman–Crippen LogP) is 2.07. The largest absolute Gasteiger partial charge is 0.377 e. The van der Waals surface area contributed by atoms with Gasteiger partial charge >= 0.3 is 0 Å². The lowest BCUT2D eigenvalue weighted by Crippen LogP contribution is -2.26. The van der Waals surface area contributed by atoms with E-state index in [9.17, 15) is 8.42 Å². The fraction of sp³-hybridized carbons (Fsp3) is 0.545. The van der Waals surface area contributed by atoms with Crippen LogP contribution in [-0.4, -0.2) is 31.9 Å². The minimum absolute atomic E-state index is 0.00248. The topological polar surface area (TPSA) is 68.3 Å². The van der Waals surface area contributed by atoms with Crippen LogP contribution in [0.2, 0.25) is 0 Å². The Morgan fingerprint density at radius 3 is 2.94 bits per heavy atom. The Hall–Kier alpha value is -0.660. The van der Waals surface area contributed by atoms with Crippen molar-refractivity contribution < 1.29 is 13.2 Å². The highest BCUT2D eigenvalue weighted by molar-refractivity contribution is 9.10. The molecule has 0 spiro atoms. The van der Waals surface area contributed by atoms with E-state index in [0.29, 0.717) is 22.6 Å². The first kappa shape index (κ1) is 13.8. The number of aromatic nitrogens is 1. The average Bonchev–Trinajstić information content (AvgIpc) is 2.74. The summed E-state index contributed by atoms with van der Waals surface area (Å²) < 4.78 is 32.5. The van der Waals surface area contributed by atoms with Gasteiger partial charge in [0.05, 0.1) is 23.2 Å². The second kappa shape index (κ2) is 5.54. The van der Waals surface area contributed by atoms with Crippen LogP contribution in [0.15, 0.2) is 16.7 Å². The van der Waals surface area contributed by atoms with Gasteiger partial charge in [-0.3, -0.25) is 4.72 Å². The lowest BCUT2D eigenvalue weighted by molar-refractivity contribution is 0.127. The molecule has 1 atom stereocenters. The Bertz CT molecular complexity index is 527. The van der Waals surface area contributed by atoms with Crippen molar-refractivity contribution >= 4 is 31.6 Å². The first-order chi connectivity index (χ1) is 8.46. The number of pyridine rings is 1. The SMILES string of the molecule is Cc1nc(Br)ccc1NS(=O)(=O)CC1CCCO1. The van der Waals surface area contributed by atoms with Gasteiger partial charge in [0.15, 0.2) is 0 Å². The molecule has 5 nitrogen and oxygen atoms in total. The minimum Gasteiger partial charge on any atom is -0.377 e. The van der Waals surface area contributed by atoms with Gasteiger partial charge in [-0.15, -0.1) is 0 Å². The maximum absolute atomic E-state index is 12.0. The van der Waals surface area contributed by atoms with Gasteiger partial charge in [-0.2, -0.15) is 0 Å². The molecule has 0 aromatic carbocycles. The van der Waals surface area contributed by atoms with E-state index >= 15 is 0 Å². The summed E-state index contributed by atoms with van der Waals surface area (Å²) >= 11 is 3.24. The summed E-state index contributed by atoms with van der Waals surface area (Å²) in [6, 6.07) is 3.40. The van der Waals surface area contributed by atoms with Crippen LogP contribution in [0.1, 0.15) is 18.5 Å². The van der Waals surface area contributed by atoms with E-state index in [1.54, 1.807) is 19.1 Å². The van der Waals surface area contributed by atoms with Crippen LogP contribution < -0.4 is 4.72 Å². The van der Waals surface area contributed by atoms with E-state index in [2.05, 4.69) is 25.6 Å². The Morgan fingerprint density at radius 1 is 1.56 bits per heavy atom. The molecule has 0 aliphatic carbocycles. The van der Waals surface area contributed by atoms with Crippen LogP contribution in [0.4, 0.5) is 5.69 Å². The lowest BCUT2D eigenvalue weighted by atomic mass is 10.3. The first-order valence-corrected chi connectivity index (χ1v) is 8.16. The second-order valence-electron chi connectivity index (χ2n) is 4.29. The first-order valence-electron chi connectivity index (χ1n) is 5.71. The summed E-state index contributed by atoms with van der Waals surface area (Å²) in [6.45, 7) is 2.41. The predicted molar refractivity (Wildman–Crippen MR) is 73.1 cm³/mol. The number of rotatable bonds is 4. The molecule has 7 heteroatoms. The minimum atomic E-state index is -3.38. The molecule has 1 aliphatic rings. The number of sulfonamides is 1. The molecule has 0 bridgehead atoms. The van der Waals surface area contributed by atoms with E-state index in [1.165, 1.54) is 0 Å². The standard InChI is InChI=1S/C11H15BrN2O3S/c1-8-10(4-5-11(12)13-8)14-18(15,16)7-9-3-2-6-17-9/h4-5,9,14H,2-3,6-7H2,1H3. The highest BCUT2D eigenvalue weighted by atomic mass is 79.9. The molecular weight excluding hydrogens is 320 g/mol. The third-order valence-corrected chi connectivity index (χ3v) is 4.53. The third-order valence-electron chi connectivity index (χ3n) is 2.75. The number of nitrogens with zero attached hydrogens (tertiary/aromatic N) is 1. The van der Waals surface area contributed by atoms with E-state index < -0.39 is 10.0 Å². The van der Waals surface area contributed by atoms with Crippen LogP contribution in [-0.2, 0) is 14.8 Å². The number of nitrogens with one attached hydrogen (secondary N) is 1. The van der Waals surface area contributed by atoms with Gasteiger partial charge < -0.3 is 4.74 Å². The third kappa shape index (κ3) is 3.66. The molecular formula is C11H15BrN2O3S. The molecule has 1 aromatic heterocycles. The molecule has 0 saturated carbocycles. The number of hydrogen-bond acceptors (Lipinski definition) is 4. The van der Waals surface area contributed by atoms with Crippen molar-refractivity contribution in [1.29, 1.82) is 0 Å². The summed E-state index contributed by atoms with van der Waals surface area (Å²) in [5.41, 5.74) is 1.15. The van der Waals surface area contributed by atoms with E-state index in [0.717, 1.165) is 12.8 Å². The Labute approximate surface area is 115 Å². The van der Waals surface area contributed by atoms with Crippen LogP contribution >= 0.6 is 15.9 Å². The molecule has 2 heterocycles. The van der Waals surface area contributed by atoms with Gasteiger partial charge in [-0.05, 0) is 47.8 Å². The molecule has 1 fully saturated rings. The average molecular weight is 335 g/mol. The smallest absolute Gasteiger partial charge is 0.235 e. The van der Waals surface area contributed by atoms with Crippen molar-refractivity contribution in [2.45, 2.75) is 25.9 Å². The van der Waals surface area contributed by atoms with E-state index in [-0.39, 0.29) is 11.9 Å². The molecule has 100 valence electrons. The van der Waals surface area contributed by atoms with Crippen molar-refractivity contribution in [3.8, 4) is 0 Å². The number of ether oxygens (including phenoxy) is 1. The Kier molecular flexibility index (Phi) is 4.24.